The van der Waals surface area contributed by atoms with Crippen molar-refractivity contribution in [1.82, 2.24) is 15.3 Å². The number of carbonyl (C=O) groups is 2. The van der Waals surface area contributed by atoms with Gasteiger partial charge in [0.1, 0.15) is 11.5 Å². The average molecular weight is 392 g/mol. The van der Waals surface area contributed by atoms with E-state index < -0.39 is 5.91 Å². The summed E-state index contributed by atoms with van der Waals surface area (Å²) in [7, 11) is 3.05. The zero-order valence-corrected chi connectivity index (χ0v) is 16.0. The number of hydrogen-bond acceptors (Lipinski definition) is 6. The van der Waals surface area contributed by atoms with Crippen LogP contribution in [0.1, 0.15) is 26.3 Å². The van der Waals surface area contributed by atoms with Crippen LogP contribution in [0.15, 0.2) is 61.2 Å². The van der Waals surface area contributed by atoms with Crippen LogP contribution in [-0.2, 0) is 6.54 Å². The van der Waals surface area contributed by atoms with Crippen LogP contribution in [0, 0.1) is 0 Å². The first-order valence-corrected chi connectivity index (χ1v) is 8.76. The van der Waals surface area contributed by atoms with E-state index in [9.17, 15) is 9.59 Å². The van der Waals surface area contributed by atoms with Crippen LogP contribution in [0.2, 0.25) is 0 Å². The number of benzene rings is 1. The molecule has 0 aliphatic carbocycles. The number of aromatic nitrogens is 2. The minimum Gasteiger partial charge on any atom is -0.497 e. The number of amides is 2. The van der Waals surface area contributed by atoms with E-state index in [1.54, 1.807) is 37.7 Å². The summed E-state index contributed by atoms with van der Waals surface area (Å²) in [4.78, 5) is 32.9. The lowest BCUT2D eigenvalue weighted by Gasteiger charge is -2.12. The molecule has 3 aromatic rings. The number of anilines is 1. The summed E-state index contributed by atoms with van der Waals surface area (Å²) < 4.78 is 10.4. The van der Waals surface area contributed by atoms with E-state index >= 15 is 0 Å². The summed E-state index contributed by atoms with van der Waals surface area (Å²) in [6.07, 6.45) is 6.11. The Hall–Kier alpha value is -3.94. The quantitative estimate of drug-likeness (QED) is 0.641. The van der Waals surface area contributed by atoms with Crippen LogP contribution in [0.3, 0.4) is 0 Å². The highest BCUT2D eigenvalue weighted by atomic mass is 16.5. The van der Waals surface area contributed by atoms with Gasteiger partial charge in [0, 0.05) is 37.4 Å². The van der Waals surface area contributed by atoms with Crippen LogP contribution in [0.25, 0.3) is 0 Å². The van der Waals surface area contributed by atoms with Crippen molar-refractivity contribution in [2.75, 3.05) is 19.5 Å². The molecular weight excluding hydrogens is 372 g/mol. The molecule has 8 nitrogen and oxygen atoms in total. The largest absolute Gasteiger partial charge is 0.497 e. The van der Waals surface area contributed by atoms with E-state index in [1.807, 2.05) is 12.1 Å². The predicted octanol–water partition coefficient (Wildman–Crippen LogP) is 2.68. The maximum atomic E-state index is 12.6. The van der Waals surface area contributed by atoms with Gasteiger partial charge < -0.3 is 20.1 Å². The van der Waals surface area contributed by atoms with Crippen LogP contribution >= 0.6 is 0 Å². The molecule has 1 aromatic carbocycles. The molecule has 3 rings (SSSR count). The molecule has 0 aliphatic rings. The molecule has 29 heavy (non-hydrogen) atoms. The number of pyridine rings is 2. The minimum absolute atomic E-state index is 0.249. The fourth-order valence-electron chi connectivity index (χ4n) is 2.57. The van der Waals surface area contributed by atoms with Crippen molar-refractivity contribution < 1.29 is 19.1 Å². The molecule has 0 spiro atoms. The Morgan fingerprint density at radius 3 is 2.31 bits per heavy atom. The normalized spacial score (nSPS) is 10.1. The Balaban J connectivity index is 1.70. The molecule has 2 N–H and O–H groups in total. The molecule has 0 aliphatic heterocycles. The van der Waals surface area contributed by atoms with E-state index in [1.165, 1.54) is 25.6 Å². The predicted molar refractivity (Wildman–Crippen MR) is 107 cm³/mol. The van der Waals surface area contributed by atoms with Gasteiger partial charge in [-0.1, -0.05) is 0 Å². The third kappa shape index (κ3) is 5.07. The number of methoxy groups -OCH3 is 2. The summed E-state index contributed by atoms with van der Waals surface area (Å²) in [6.45, 7) is 0.348. The first-order valence-electron chi connectivity index (χ1n) is 8.76. The van der Waals surface area contributed by atoms with Gasteiger partial charge >= 0.3 is 0 Å². The summed E-state index contributed by atoms with van der Waals surface area (Å²) in [5, 5.41) is 5.54. The van der Waals surface area contributed by atoms with Crippen molar-refractivity contribution in [3.05, 3.63) is 77.9 Å². The van der Waals surface area contributed by atoms with Crippen molar-refractivity contribution in [3.8, 4) is 11.5 Å². The van der Waals surface area contributed by atoms with E-state index in [0.717, 1.165) is 5.56 Å². The summed E-state index contributed by atoms with van der Waals surface area (Å²) in [6, 6.07) is 10.2. The highest BCUT2D eigenvalue weighted by molar-refractivity contribution is 6.06. The SMILES string of the molecule is COc1ccc(NC(=O)c2cncc(C(=O)NCc3ccncc3)c2)c(OC)c1. The Bertz CT molecular complexity index is 1010. The van der Waals surface area contributed by atoms with Crippen molar-refractivity contribution in [2.45, 2.75) is 6.54 Å². The smallest absolute Gasteiger partial charge is 0.257 e. The second kappa shape index (κ2) is 9.32. The summed E-state index contributed by atoms with van der Waals surface area (Å²) in [5.41, 5.74) is 1.93. The first-order chi connectivity index (χ1) is 14.1. The van der Waals surface area contributed by atoms with Crippen LogP contribution < -0.4 is 20.1 Å². The molecule has 0 unspecified atom stereocenters. The molecule has 148 valence electrons. The van der Waals surface area contributed by atoms with Crippen LogP contribution in [0.4, 0.5) is 5.69 Å². The van der Waals surface area contributed by atoms with E-state index in [0.29, 0.717) is 23.7 Å². The third-order valence-corrected chi connectivity index (χ3v) is 4.12. The van der Waals surface area contributed by atoms with Crippen molar-refractivity contribution in [2.24, 2.45) is 0 Å². The number of hydrogen-bond donors (Lipinski definition) is 2. The third-order valence-electron chi connectivity index (χ3n) is 4.12. The maximum Gasteiger partial charge on any atom is 0.257 e. The lowest BCUT2D eigenvalue weighted by Crippen LogP contribution is -2.23. The number of nitrogens with one attached hydrogen (secondary N) is 2. The molecule has 8 heteroatoms. The maximum absolute atomic E-state index is 12.6. The molecular formula is C21H20N4O4. The number of carbonyl (C=O) groups excluding carboxylic acids is 2. The standard InChI is InChI=1S/C21H20N4O4/c1-28-17-3-4-18(19(10-17)29-2)25-21(27)16-9-15(12-23-13-16)20(26)24-11-14-5-7-22-8-6-14/h3-10,12-13H,11H2,1-2H3,(H,24,26)(H,25,27). The average Bonchev–Trinajstić information content (AvgIpc) is 2.78. The van der Waals surface area contributed by atoms with Gasteiger partial charge in [-0.05, 0) is 35.9 Å². The van der Waals surface area contributed by atoms with Gasteiger partial charge in [0.05, 0.1) is 31.0 Å². The first kappa shape index (κ1) is 19.8. The van der Waals surface area contributed by atoms with Gasteiger partial charge in [-0.2, -0.15) is 0 Å². The van der Waals surface area contributed by atoms with Gasteiger partial charge in [-0.3, -0.25) is 19.6 Å². The lowest BCUT2D eigenvalue weighted by atomic mass is 10.1. The Kier molecular flexibility index (Phi) is 6.36. The fraction of sp³-hybridized carbons (Fsp3) is 0.143. The monoisotopic (exact) mass is 392 g/mol. The van der Waals surface area contributed by atoms with Crippen molar-refractivity contribution in [1.29, 1.82) is 0 Å². The zero-order chi connectivity index (χ0) is 20.6. The number of nitrogens with zero attached hydrogens (tertiary/aromatic N) is 2. The summed E-state index contributed by atoms with van der Waals surface area (Å²) in [5.74, 6) is 0.321. The summed E-state index contributed by atoms with van der Waals surface area (Å²) >= 11 is 0. The second-order valence-electron chi connectivity index (χ2n) is 6.02. The lowest BCUT2D eigenvalue weighted by molar-refractivity contribution is 0.0950. The topological polar surface area (TPSA) is 102 Å². The highest BCUT2D eigenvalue weighted by Crippen LogP contribution is 2.29. The van der Waals surface area contributed by atoms with Crippen molar-refractivity contribution in [3.63, 3.8) is 0 Å². The minimum atomic E-state index is -0.412. The van der Waals surface area contributed by atoms with Gasteiger partial charge in [0.15, 0.2) is 0 Å². The Labute approximate surface area is 167 Å². The molecule has 0 atom stereocenters. The van der Waals surface area contributed by atoms with E-state index in [2.05, 4.69) is 20.6 Å². The van der Waals surface area contributed by atoms with Crippen molar-refractivity contribution >= 4 is 17.5 Å². The molecule has 0 fully saturated rings. The molecule has 0 bridgehead atoms. The molecule has 2 amide bonds. The van der Waals surface area contributed by atoms with E-state index in [4.69, 9.17) is 9.47 Å². The fourth-order valence-corrected chi connectivity index (χ4v) is 2.57. The van der Waals surface area contributed by atoms with Gasteiger partial charge in [0.25, 0.3) is 11.8 Å². The van der Waals surface area contributed by atoms with E-state index in [-0.39, 0.29) is 17.0 Å². The molecule has 2 heterocycles. The van der Waals surface area contributed by atoms with Gasteiger partial charge in [0.2, 0.25) is 0 Å². The number of rotatable bonds is 7. The Morgan fingerprint density at radius 1 is 0.897 bits per heavy atom. The molecule has 0 saturated heterocycles. The van der Waals surface area contributed by atoms with Crippen LogP contribution in [-0.4, -0.2) is 36.0 Å². The second-order valence-corrected chi connectivity index (χ2v) is 6.02. The zero-order valence-electron chi connectivity index (χ0n) is 16.0. The highest BCUT2D eigenvalue weighted by Gasteiger charge is 2.14. The molecule has 0 saturated carbocycles. The molecule has 0 radical (unpaired) electrons. The van der Waals surface area contributed by atoms with Gasteiger partial charge in [-0.25, -0.2) is 0 Å². The van der Waals surface area contributed by atoms with Gasteiger partial charge in [-0.15, -0.1) is 0 Å². The number of ether oxygens (including phenoxy) is 2. The van der Waals surface area contributed by atoms with Crippen LogP contribution in [0.5, 0.6) is 11.5 Å². The molecule has 2 aromatic heterocycles. The Morgan fingerprint density at radius 2 is 1.62 bits per heavy atom.